The molecule has 0 spiro atoms. The van der Waals surface area contributed by atoms with E-state index in [2.05, 4.69) is 81.2 Å². The van der Waals surface area contributed by atoms with Crippen LogP contribution in [-0.2, 0) is 0 Å². The molecule has 3 rings (SSSR count). The van der Waals surface area contributed by atoms with Gasteiger partial charge < -0.3 is 5.73 Å². The number of nitrogen functional groups attached to an aromatic ring is 1. The molecule has 0 amide bonds. The average Bonchev–Trinajstić information content (AvgIpc) is 2.51. The molecule has 110 valence electrons. The molecule has 0 bridgehead atoms. The Balaban J connectivity index is 2.27. The van der Waals surface area contributed by atoms with Gasteiger partial charge in [0.25, 0.3) is 0 Å². The molecule has 3 heteroatoms. The topological polar surface area (TPSA) is 26.0 Å². The van der Waals surface area contributed by atoms with Crippen molar-refractivity contribution < 1.29 is 0 Å². The van der Waals surface area contributed by atoms with Gasteiger partial charge in [-0.2, -0.15) is 0 Å². The maximum absolute atomic E-state index is 6.31. The van der Waals surface area contributed by atoms with E-state index in [-0.39, 0.29) is 0 Å². The SMILES string of the molecule is Cc1ccc(N)c(-c2ccc(Br)cc2)c1-c1ccc(Br)cc1. The molecule has 2 N–H and O–H groups in total. The van der Waals surface area contributed by atoms with Crippen molar-refractivity contribution in [3.05, 3.63) is 75.2 Å². The molecule has 0 fully saturated rings. The van der Waals surface area contributed by atoms with Crippen LogP contribution in [0.5, 0.6) is 0 Å². The second-order valence-electron chi connectivity index (χ2n) is 5.24. The summed E-state index contributed by atoms with van der Waals surface area (Å²) in [5, 5.41) is 0. The van der Waals surface area contributed by atoms with Gasteiger partial charge in [-0.3, -0.25) is 0 Å². The van der Waals surface area contributed by atoms with Gasteiger partial charge in [0, 0.05) is 20.2 Å². The number of hydrogen-bond donors (Lipinski definition) is 1. The first-order chi connectivity index (χ1) is 10.6. The molecule has 0 aliphatic heterocycles. The predicted molar refractivity (Wildman–Crippen MR) is 102 cm³/mol. The number of anilines is 1. The predicted octanol–water partition coefficient (Wildman–Crippen LogP) is 6.44. The first-order valence-electron chi connectivity index (χ1n) is 6.97. The summed E-state index contributed by atoms with van der Waals surface area (Å²) in [6, 6.07) is 20.7. The fourth-order valence-corrected chi connectivity index (χ4v) is 3.17. The van der Waals surface area contributed by atoms with Gasteiger partial charge in [-0.15, -0.1) is 0 Å². The summed E-state index contributed by atoms with van der Waals surface area (Å²) in [5.74, 6) is 0. The van der Waals surface area contributed by atoms with Gasteiger partial charge in [-0.05, 0) is 59.5 Å². The van der Waals surface area contributed by atoms with E-state index in [1.54, 1.807) is 0 Å². The van der Waals surface area contributed by atoms with Gasteiger partial charge >= 0.3 is 0 Å². The van der Waals surface area contributed by atoms with Crippen LogP contribution in [0.3, 0.4) is 0 Å². The third-order valence-electron chi connectivity index (χ3n) is 3.71. The van der Waals surface area contributed by atoms with Crippen LogP contribution in [0, 0.1) is 6.92 Å². The zero-order valence-corrected chi connectivity index (χ0v) is 15.3. The fraction of sp³-hybridized carbons (Fsp3) is 0.0526. The number of nitrogens with two attached hydrogens (primary N) is 1. The Hall–Kier alpha value is -1.58. The molecule has 3 aromatic carbocycles. The van der Waals surface area contributed by atoms with Crippen LogP contribution in [0.4, 0.5) is 5.69 Å². The van der Waals surface area contributed by atoms with E-state index < -0.39 is 0 Å². The summed E-state index contributed by atoms with van der Waals surface area (Å²) >= 11 is 6.98. The van der Waals surface area contributed by atoms with E-state index in [0.29, 0.717) is 0 Å². The zero-order chi connectivity index (χ0) is 15.7. The van der Waals surface area contributed by atoms with Gasteiger partial charge in [0.1, 0.15) is 0 Å². The van der Waals surface area contributed by atoms with Crippen LogP contribution >= 0.6 is 31.9 Å². The first kappa shape index (κ1) is 15.3. The van der Waals surface area contributed by atoms with Crippen LogP contribution < -0.4 is 5.73 Å². The molecule has 0 saturated heterocycles. The lowest BCUT2D eigenvalue weighted by molar-refractivity contribution is 1.45. The molecule has 0 atom stereocenters. The van der Waals surface area contributed by atoms with Crippen molar-refractivity contribution in [3.63, 3.8) is 0 Å². The molecule has 0 saturated carbocycles. The number of halogens is 2. The third kappa shape index (κ3) is 2.96. The third-order valence-corrected chi connectivity index (χ3v) is 4.77. The average molecular weight is 417 g/mol. The van der Waals surface area contributed by atoms with Crippen molar-refractivity contribution in [2.24, 2.45) is 0 Å². The summed E-state index contributed by atoms with van der Waals surface area (Å²) in [6.45, 7) is 2.12. The smallest absolute Gasteiger partial charge is 0.0400 e. The van der Waals surface area contributed by atoms with Crippen molar-refractivity contribution in [1.82, 2.24) is 0 Å². The van der Waals surface area contributed by atoms with E-state index in [0.717, 1.165) is 25.8 Å². The normalized spacial score (nSPS) is 10.7. The summed E-state index contributed by atoms with van der Waals surface area (Å²) in [7, 11) is 0. The largest absolute Gasteiger partial charge is 0.398 e. The lowest BCUT2D eigenvalue weighted by Gasteiger charge is -2.16. The Labute approximate surface area is 147 Å². The van der Waals surface area contributed by atoms with Gasteiger partial charge in [0.15, 0.2) is 0 Å². The molecule has 0 unspecified atom stereocenters. The van der Waals surface area contributed by atoms with E-state index in [1.165, 1.54) is 16.7 Å². The fourth-order valence-electron chi connectivity index (χ4n) is 2.64. The number of aryl methyl sites for hydroxylation is 1. The Morgan fingerprint density at radius 2 is 1.09 bits per heavy atom. The molecular weight excluding hydrogens is 402 g/mol. The zero-order valence-electron chi connectivity index (χ0n) is 12.1. The van der Waals surface area contributed by atoms with Crippen LogP contribution in [0.2, 0.25) is 0 Å². The number of rotatable bonds is 2. The molecule has 0 aliphatic carbocycles. The maximum Gasteiger partial charge on any atom is 0.0400 e. The molecule has 0 heterocycles. The minimum absolute atomic E-state index is 0.797. The number of hydrogen-bond acceptors (Lipinski definition) is 1. The van der Waals surface area contributed by atoms with E-state index in [9.17, 15) is 0 Å². The summed E-state index contributed by atoms with van der Waals surface area (Å²) in [5.41, 5.74) is 12.9. The summed E-state index contributed by atoms with van der Waals surface area (Å²) in [6.07, 6.45) is 0. The van der Waals surface area contributed by atoms with Crippen molar-refractivity contribution >= 4 is 37.5 Å². The maximum atomic E-state index is 6.31. The molecule has 0 aromatic heterocycles. The standard InChI is InChI=1S/C19H15Br2N/c1-12-2-11-17(22)19(14-5-9-16(21)10-6-14)18(12)13-3-7-15(20)8-4-13/h2-11H,22H2,1H3. The van der Waals surface area contributed by atoms with Crippen LogP contribution in [0.1, 0.15) is 5.56 Å². The van der Waals surface area contributed by atoms with Crippen molar-refractivity contribution in [2.75, 3.05) is 5.73 Å². The van der Waals surface area contributed by atoms with Crippen molar-refractivity contribution in [3.8, 4) is 22.3 Å². The molecule has 22 heavy (non-hydrogen) atoms. The second-order valence-corrected chi connectivity index (χ2v) is 7.07. The lowest BCUT2D eigenvalue weighted by atomic mass is 9.90. The van der Waals surface area contributed by atoms with E-state index in [4.69, 9.17) is 5.73 Å². The highest BCUT2D eigenvalue weighted by atomic mass is 79.9. The molecule has 1 nitrogen and oxygen atoms in total. The van der Waals surface area contributed by atoms with Gasteiger partial charge in [0.2, 0.25) is 0 Å². The van der Waals surface area contributed by atoms with E-state index >= 15 is 0 Å². The quantitative estimate of drug-likeness (QED) is 0.478. The molecular formula is C19H15Br2N. The highest BCUT2D eigenvalue weighted by Crippen LogP contribution is 2.39. The molecule has 3 aromatic rings. The van der Waals surface area contributed by atoms with Crippen LogP contribution in [-0.4, -0.2) is 0 Å². The Kier molecular flexibility index (Phi) is 4.37. The van der Waals surface area contributed by atoms with Crippen LogP contribution in [0.15, 0.2) is 69.6 Å². The monoisotopic (exact) mass is 415 g/mol. The highest BCUT2D eigenvalue weighted by Gasteiger charge is 2.13. The minimum atomic E-state index is 0.797. The van der Waals surface area contributed by atoms with Gasteiger partial charge in [0.05, 0.1) is 0 Å². The van der Waals surface area contributed by atoms with Crippen molar-refractivity contribution in [2.45, 2.75) is 6.92 Å². The second kappa shape index (κ2) is 6.27. The first-order valence-corrected chi connectivity index (χ1v) is 8.56. The van der Waals surface area contributed by atoms with Crippen LogP contribution in [0.25, 0.3) is 22.3 Å². The van der Waals surface area contributed by atoms with Gasteiger partial charge in [-0.25, -0.2) is 0 Å². The Morgan fingerprint density at radius 3 is 1.59 bits per heavy atom. The lowest BCUT2D eigenvalue weighted by Crippen LogP contribution is -1.96. The summed E-state index contributed by atoms with van der Waals surface area (Å²) < 4.78 is 2.13. The highest BCUT2D eigenvalue weighted by molar-refractivity contribution is 9.10. The number of benzene rings is 3. The molecule has 0 aliphatic rings. The molecule has 0 radical (unpaired) electrons. The Bertz CT molecular complexity index is 736. The Morgan fingerprint density at radius 1 is 0.636 bits per heavy atom. The van der Waals surface area contributed by atoms with E-state index in [1.807, 2.05) is 18.2 Å². The van der Waals surface area contributed by atoms with Crippen molar-refractivity contribution in [1.29, 1.82) is 0 Å². The van der Waals surface area contributed by atoms with Gasteiger partial charge in [-0.1, -0.05) is 62.2 Å². The minimum Gasteiger partial charge on any atom is -0.398 e. The summed E-state index contributed by atoms with van der Waals surface area (Å²) in [4.78, 5) is 0.